The molecule has 1 aliphatic heterocycles. The van der Waals surface area contributed by atoms with Crippen LogP contribution in [-0.2, 0) is 11.2 Å². The molecule has 1 aliphatic carbocycles. The molecule has 0 radical (unpaired) electrons. The van der Waals surface area contributed by atoms with Crippen molar-refractivity contribution in [2.24, 2.45) is 0 Å². The quantitative estimate of drug-likeness (QED) is 0.256. The van der Waals surface area contributed by atoms with Crippen molar-refractivity contribution in [2.75, 3.05) is 6.54 Å². The van der Waals surface area contributed by atoms with E-state index in [1.165, 1.54) is 0 Å². The van der Waals surface area contributed by atoms with Gasteiger partial charge in [0.2, 0.25) is 18.2 Å². The SMILES string of the molecule is CCCCC[C@H](CN(O)C=O)c1nnc(Cc2cocc3cccc2-3)o1. The molecule has 138 valence electrons. The van der Waals surface area contributed by atoms with Crippen LogP contribution in [0.4, 0.5) is 0 Å². The fraction of sp³-hybridized carbons (Fsp3) is 0.421. The Kier molecular flexibility index (Phi) is 6.01. The van der Waals surface area contributed by atoms with Crippen molar-refractivity contribution < 1.29 is 18.8 Å². The van der Waals surface area contributed by atoms with Crippen LogP contribution in [0, 0.1) is 0 Å². The highest BCUT2D eigenvalue weighted by molar-refractivity contribution is 5.68. The summed E-state index contributed by atoms with van der Waals surface area (Å²) < 4.78 is 11.2. The van der Waals surface area contributed by atoms with E-state index in [1.54, 1.807) is 12.5 Å². The Hall–Kier alpha value is -2.67. The molecule has 0 saturated heterocycles. The highest BCUT2D eigenvalue weighted by atomic mass is 16.5. The van der Waals surface area contributed by atoms with E-state index < -0.39 is 0 Å². The van der Waals surface area contributed by atoms with Crippen molar-refractivity contribution in [1.82, 2.24) is 15.3 Å². The third kappa shape index (κ3) is 4.29. The number of amides is 1. The first-order chi connectivity index (χ1) is 12.7. The molecule has 7 nitrogen and oxygen atoms in total. The van der Waals surface area contributed by atoms with Crippen molar-refractivity contribution >= 4 is 6.41 Å². The molecular weight excluding hydrogens is 334 g/mol. The minimum Gasteiger partial charge on any atom is -0.472 e. The molecule has 0 aromatic carbocycles. The van der Waals surface area contributed by atoms with Crippen molar-refractivity contribution in [3.63, 3.8) is 0 Å². The Balaban J connectivity index is 1.73. The van der Waals surface area contributed by atoms with E-state index in [1.807, 2.05) is 18.2 Å². The summed E-state index contributed by atoms with van der Waals surface area (Å²) in [4.78, 5) is 10.7. The largest absolute Gasteiger partial charge is 0.472 e. The smallest absolute Gasteiger partial charge is 0.233 e. The third-order valence-corrected chi connectivity index (χ3v) is 4.46. The van der Waals surface area contributed by atoms with Gasteiger partial charge in [0.1, 0.15) is 0 Å². The average Bonchev–Trinajstić information content (AvgIpc) is 3.30. The zero-order valence-electron chi connectivity index (χ0n) is 14.8. The van der Waals surface area contributed by atoms with Gasteiger partial charge in [-0.05, 0) is 12.0 Å². The Bertz CT molecular complexity index is 798. The molecular formula is C19H23N3O4. The number of hydrogen-bond acceptors (Lipinski definition) is 6. The van der Waals surface area contributed by atoms with Gasteiger partial charge in [-0.1, -0.05) is 44.4 Å². The summed E-state index contributed by atoms with van der Waals surface area (Å²) in [5.41, 5.74) is 3.10. The molecule has 26 heavy (non-hydrogen) atoms. The van der Waals surface area contributed by atoms with Crippen LogP contribution in [0.15, 0.2) is 39.6 Å². The van der Waals surface area contributed by atoms with Crippen LogP contribution in [0.3, 0.4) is 0 Å². The van der Waals surface area contributed by atoms with Gasteiger partial charge in [0.25, 0.3) is 0 Å². The summed E-state index contributed by atoms with van der Waals surface area (Å²) in [6, 6.07) is 5.99. The second kappa shape index (κ2) is 8.62. The van der Waals surface area contributed by atoms with E-state index in [2.05, 4.69) is 17.1 Å². The number of carbonyl (C=O) groups excluding carboxylic acids is 1. The van der Waals surface area contributed by atoms with Gasteiger partial charge in [0, 0.05) is 11.1 Å². The lowest BCUT2D eigenvalue weighted by Gasteiger charge is -2.16. The van der Waals surface area contributed by atoms with E-state index in [-0.39, 0.29) is 12.5 Å². The lowest BCUT2D eigenvalue weighted by atomic mass is 10.0. The molecule has 0 unspecified atom stereocenters. The molecule has 1 aromatic heterocycles. The van der Waals surface area contributed by atoms with E-state index >= 15 is 0 Å². The molecule has 1 N–H and O–H groups in total. The van der Waals surface area contributed by atoms with E-state index in [4.69, 9.17) is 8.83 Å². The van der Waals surface area contributed by atoms with Crippen LogP contribution in [0.5, 0.6) is 0 Å². The van der Waals surface area contributed by atoms with E-state index in [9.17, 15) is 10.0 Å². The van der Waals surface area contributed by atoms with Crippen LogP contribution in [0.2, 0.25) is 0 Å². The van der Waals surface area contributed by atoms with Gasteiger partial charge in [0.05, 0.1) is 31.4 Å². The van der Waals surface area contributed by atoms with Crippen molar-refractivity contribution in [3.8, 4) is 11.1 Å². The second-order valence-corrected chi connectivity index (χ2v) is 6.42. The Labute approximate surface area is 151 Å². The molecule has 2 aliphatic rings. The molecule has 0 spiro atoms. The maximum absolute atomic E-state index is 10.7. The molecule has 3 rings (SSSR count). The molecule has 0 bridgehead atoms. The molecule has 2 heterocycles. The number of nitrogens with zero attached hydrogens (tertiary/aromatic N) is 3. The Morgan fingerprint density at radius 3 is 2.96 bits per heavy atom. The predicted octanol–water partition coefficient (Wildman–Crippen LogP) is 3.87. The van der Waals surface area contributed by atoms with Crippen LogP contribution in [0.1, 0.15) is 55.9 Å². The van der Waals surface area contributed by atoms with Crippen LogP contribution >= 0.6 is 0 Å². The fourth-order valence-corrected chi connectivity index (χ4v) is 3.09. The summed E-state index contributed by atoms with van der Waals surface area (Å²) in [5.74, 6) is 0.751. The summed E-state index contributed by atoms with van der Waals surface area (Å²) in [6.45, 7) is 2.27. The van der Waals surface area contributed by atoms with Crippen LogP contribution in [-0.4, -0.2) is 33.4 Å². The van der Waals surface area contributed by atoms with E-state index in [0.29, 0.717) is 29.7 Å². The van der Waals surface area contributed by atoms with Crippen molar-refractivity contribution in [2.45, 2.75) is 44.9 Å². The average molecular weight is 357 g/mol. The third-order valence-electron chi connectivity index (χ3n) is 4.46. The molecule has 7 heteroatoms. The minimum absolute atomic E-state index is 0.141. The second-order valence-electron chi connectivity index (χ2n) is 6.42. The van der Waals surface area contributed by atoms with Crippen molar-refractivity contribution in [3.05, 3.63) is 48.1 Å². The van der Waals surface area contributed by atoms with Gasteiger partial charge in [-0.15, -0.1) is 10.2 Å². The minimum atomic E-state index is -0.183. The molecule has 1 amide bonds. The van der Waals surface area contributed by atoms with E-state index in [0.717, 1.165) is 42.4 Å². The first-order valence-corrected chi connectivity index (χ1v) is 8.88. The highest BCUT2D eigenvalue weighted by Gasteiger charge is 2.22. The lowest BCUT2D eigenvalue weighted by molar-refractivity contribution is -0.151. The normalized spacial score (nSPS) is 12.4. The number of hydrogen-bond donors (Lipinski definition) is 1. The summed E-state index contributed by atoms with van der Waals surface area (Å²) >= 11 is 0. The van der Waals surface area contributed by atoms with Gasteiger partial charge in [-0.2, -0.15) is 0 Å². The molecule has 0 saturated carbocycles. The predicted molar refractivity (Wildman–Crippen MR) is 93.9 cm³/mol. The Morgan fingerprint density at radius 2 is 2.15 bits per heavy atom. The summed E-state index contributed by atoms with van der Waals surface area (Å²) in [6.07, 6.45) is 8.16. The van der Waals surface area contributed by atoms with Crippen molar-refractivity contribution in [1.29, 1.82) is 0 Å². The topological polar surface area (TPSA) is 92.6 Å². The standard InChI is InChI=1S/C19H23N3O4/c1-2-3-4-6-14(10-22(24)13-23)19-21-20-18(26-19)9-16-12-25-11-15-7-5-8-17(15)16/h5,7-8,11-14,24H,2-4,6,9-10H2,1H3/t14-/m1/s1. The van der Waals surface area contributed by atoms with Gasteiger partial charge in [-0.25, -0.2) is 5.06 Å². The first-order valence-electron chi connectivity index (χ1n) is 8.88. The Morgan fingerprint density at radius 1 is 1.27 bits per heavy atom. The summed E-state index contributed by atoms with van der Waals surface area (Å²) in [7, 11) is 0. The number of unbranched alkanes of at least 4 members (excludes halogenated alkanes) is 2. The molecule has 1 aromatic rings. The summed E-state index contributed by atoms with van der Waals surface area (Å²) in [5, 5.41) is 18.5. The number of carbonyl (C=O) groups is 1. The highest BCUT2D eigenvalue weighted by Crippen LogP contribution is 2.29. The molecule has 1 atom stereocenters. The maximum Gasteiger partial charge on any atom is 0.233 e. The lowest BCUT2D eigenvalue weighted by Crippen LogP contribution is -2.24. The van der Waals surface area contributed by atoms with Crippen LogP contribution < -0.4 is 0 Å². The number of rotatable bonds is 10. The zero-order valence-corrected chi connectivity index (χ0v) is 14.8. The number of aromatic nitrogens is 2. The monoisotopic (exact) mass is 357 g/mol. The van der Waals surface area contributed by atoms with Crippen LogP contribution in [0.25, 0.3) is 11.1 Å². The molecule has 0 fully saturated rings. The van der Waals surface area contributed by atoms with Gasteiger partial charge in [0.15, 0.2) is 0 Å². The maximum atomic E-state index is 10.7. The van der Waals surface area contributed by atoms with Gasteiger partial charge in [-0.3, -0.25) is 10.0 Å². The van der Waals surface area contributed by atoms with Gasteiger partial charge < -0.3 is 8.83 Å². The number of hydroxylamine groups is 2. The first kappa shape index (κ1) is 18.1. The zero-order chi connectivity index (χ0) is 18.4. The van der Waals surface area contributed by atoms with Gasteiger partial charge >= 0.3 is 0 Å². The number of fused-ring (bicyclic) bond motifs is 1. The fourth-order valence-electron chi connectivity index (χ4n) is 3.09.